The molecule has 1 aliphatic heterocycles. The Morgan fingerprint density at radius 3 is 2.64 bits per heavy atom. The Labute approximate surface area is 190 Å². The number of halogens is 1. The van der Waals surface area contributed by atoms with Crippen LogP contribution in [0.1, 0.15) is 18.2 Å². The fraction of sp³-hybridized carbons (Fsp3) is 0.391. The Hall–Kier alpha value is -3.53. The summed E-state index contributed by atoms with van der Waals surface area (Å²) in [6, 6.07) is 6.76. The van der Waals surface area contributed by atoms with Crippen LogP contribution < -0.4 is 26.0 Å². The van der Waals surface area contributed by atoms with Crippen LogP contribution in [0.4, 0.5) is 14.9 Å². The normalized spacial score (nSPS) is 14.6. The van der Waals surface area contributed by atoms with Gasteiger partial charge in [0.1, 0.15) is 11.5 Å². The largest absolute Gasteiger partial charge is 0.495 e. The summed E-state index contributed by atoms with van der Waals surface area (Å²) in [6.07, 6.45) is 1.76. The molecular weight excluding hydrogens is 427 g/mol. The summed E-state index contributed by atoms with van der Waals surface area (Å²) in [5, 5.41) is 2.71. The number of hydrogen-bond acceptors (Lipinski definition) is 5. The van der Waals surface area contributed by atoms with Crippen molar-refractivity contribution >= 4 is 22.6 Å². The highest BCUT2D eigenvalue weighted by Crippen LogP contribution is 2.20. The number of benzene rings is 1. The lowest BCUT2D eigenvalue weighted by atomic mass is 10.1. The van der Waals surface area contributed by atoms with Crippen molar-refractivity contribution in [2.24, 2.45) is 7.05 Å². The van der Waals surface area contributed by atoms with Gasteiger partial charge in [0, 0.05) is 46.7 Å². The average molecular weight is 456 g/mol. The molecule has 0 unspecified atom stereocenters. The lowest BCUT2D eigenvalue weighted by Crippen LogP contribution is -2.53. The van der Waals surface area contributed by atoms with Gasteiger partial charge in [-0.1, -0.05) is 0 Å². The highest BCUT2D eigenvalue weighted by atomic mass is 19.1. The number of nitrogens with one attached hydrogen (secondary N) is 2. The van der Waals surface area contributed by atoms with Crippen LogP contribution in [-0.2, 0) is 13.6 Å². The van der Waals surface area contributed by atoms with E-state index in [1.807, 2.05) is 26.0 Å². The molecule has 9 nitrogen and oxygen atoms in total. The predicted octanol–water partition coefficient (Wildman–Crippen LogP) is 0.862. The molecule has 1 saturated heterocycles. The number of H-pyrrole nitrogens is 1. The summed E-state index contributed by atoms with van der Waals surface area (Å²) in [6.45, 7) is 7.90. The van der Waals surface area contributed by atoms with E-state index in [2.05, 4.69) is 20.1 Å². The van der Waals surface area contributed by atoms with Gasteiger partial charge in [-0.2, -0.15) is 9.36 Å². The fourth-order valence-corrected chi connectivity index (χ4v) is 4.30. The molecule has 0 saturated carbocycles. The zero-order chi connectivity index (χ0) is 23.7. The second-order valence-electron chi connectivity index (χ2n) is 8.24. The maximum absolute atomic E-state index is 14.7. The van der Waals surface area contributed by atoms with Crippen molar-refractivity contribution in [2.75, 3.05) is 37.6 Å². The number of hydrogen-bond donors (Lipinski definition) is 2. The van der Waals surface area contributed by atoms with E-state index in [1.165, 1.54) is 13.1 Å². The van der Waals surface area contributed by atoms with E-state index in [-0.39, 0.29) is 16.9 Å². The average Bonchev–Trinajstić information content (AvgIpc) is 2.78. The van der Waals surface area contributed by atoms with Gasteiger partial charge in [-0.05, 0) is 36.8 Å². The van der Waals surface area contributed by atoms with Crippen molar-refractivity contribution in [3.05, 3.63) is 68.4 Å². The minimum atomic E-state index is -0.644. The number of pyridine rings is 1. The van der Waals surface area contributed by atoms with Crippen LogP contribution in [0.3, 0.4) is 0 Å². The fourth-order valence-electron chi connectivity index (χ4n) is 4.30. The molecular formula is C23H28FN6O3+. The van der Waals surface area contributed by atoms with Gasteiger partial charge in [-0.3, -0.25) is 14.3 Å². The van der Waals surface area contributed by atoms with Crippen LogP contribution in [0, 0.1) is 12.7 Å². The van der Waals surface area contributed by atoms with Crippen molar-refractivity contribution in [3.8, 4) is 0 Å². The maximum atomic E-state index is 14.7. The summed E-state index contributed by atoms with van der Waals surface area (Å²) in [4.78, 5) is 43.5. The number of fused-ring (bicyclic) bond motifs is 1. The van der Waals surface area contributed by atoms with Crippen molar-refractivity contribution in [1.29, 1.82) is 0 Å². The number of nitrogens with zero attached hydrogens (tertiary/aromatic N) is 4. The standard InChI is InChI=1S/C23H27FN6O3/c1-4-25-22(32)30-7-5-6-19(15(30)2)29-10-8-28(9-11-29)14-16-12-17(24)20-18(13-16)26-23(33)27(3)21(20)31/h5-7,12-13H,4,8-11,14H2,1-3H3,(H-,25,26,31,32,33)/p+1. The summed E-state index contributed by atoms with van der Waals surface area (Å²) in [5.74, 6) is -0.632. The zero-order valence-corrected chi connectivity index (χ0v) is 19.0. The first-order chi connectivity index (χ1) is 15.8. The second-order valence-corrected chi connectivity index (χ2v) is 8.24. The van der Waals surface area contributed by atoms with Crippen molar-refractivity contribution < 1.29 is 13.8 Å². The van der Waals surface area contributed by atoms with Gasteiger partial charge in [0.25, 0.3) is 5.56 Å². The van der Waals surface area contributed by atoms with Gasteiger partial charge in [-0.15, -0.1) is 0 Å². The van der Waals surface area contributed by atoms with Gasteiger partial charge < -0.3 is 9.88 Å². The molecule has 3 heterocycles. The molecule has 33 heavy (non-hydrogen) atoms. The van der Waals surface area contributed by atoms with Crippen LogP contribution in [-0.4, -0.2) is 53.2 Å². The molecule has 0 aliphatic carbocycles. The van der Waals surface area contributed by atoms with Crippen LogP contribution in [0.25, 0.3) is 10.9 Å². The van der Waals surface area contributed by atoms with Gasteiger partial charge in [-0.25, -0.2) is 14.5 Å². The Kier molecular flexibility index (Phi) is 6.28. The molecule has 1 aromatic carbocycles. The Balaban J connectivity index is 1.48. The number of rotatable bonds is 4. The van der Waals surface area contributed by atoms with E-state index >= 15 is 0 Å². The van der Waals surface area contributed by atoms with E-state index in [1.54, 1.807) is 16.8 Å². The van der Waals surface area contributed by atoms with Crippen molar-refractivity contribution in [3.63, 3.8) is 0 Å². The van der Waals surface area contributed by atoms with Crippen LogP contribution in [0.15, 0.2) is 40.1 Å². The van der Waals surface area contributed by atoms with Gasteiger partial charge in [0.05, 0.1) is 29.3 Å². The van der Waals surface area contributed by atoms with E-state index in [9.17, 15) is 18.8 Å². The molecule has 0 bridgehead atoms. The minimum Gasteiger partial charge on any atom is -0.366 e. The minimum absolute atomic E-state index is 0.106. The zero-order valence-electron chi connectivity index (χ0n) is 19.0. The molecule has 0 atom stereocenters. The highest BCUT2D eigenvalue weighted by molar-refractivity contribution is 5.78. The lowest BCUT2D eigenvalue weighted by molar-refractivity contribution is -0.578. The number of carbonyl (C=O) groups excluding carboxylic acids is 1. The molecule has 1 amide bonds. The summed E-state index contributed by atoms with van der Waals surface area (Å²) in [7, 11) is 1.32. The first-order valence-corrected chi connectivity index (χ1v) is 11.0. The number of carbonyl (C=O) groups is 1. The molecule has 0 radical (unpaired) electrons. The lowest BCUT2D eigenvalue weighted by Gasteiger charge is -2.36. The third-order valence-corrected chi connectivity index (χ3v) is 6.10. The molecule has 2 N–H and O–H groups in total. The quantitative estimate of drug-likeness (QED) is 0.570. The van der Waals surface area contributed by atoms with Gasteiger partial charge in [0.2, 0.25) is 0 Å². The van der Waals surface area contributed by atoms with E-state index in [4.69, 9.17) is 0 Å². The second kappa shape index (κ2) is 9.14. The molecule has 1 aliphatic rings. The number of piperazine rings is 1. The maximum Gasteiger partial charge on any atom is 0.495 e. The predicted molar refractivity (Wildman–Crippen MR) is 123 cm³/mol. The molecule has 0 spiro atoms. The summed E-state index contributed by atoms with van der Waals surface area (Å²) in [5.41, 5.74) is 1.58. The molecule has 2 aromatic heterocycles. The number of amides is 1. The highest BCUT2D eigenvalue weighted by Gasteiger charge is 2.23. The summed E-state index contributed by atoms with van der Waals surface area (Å²) >= 11 is 0. The first kappa shape index (κ1) is 22.7. The summed E-state index contributed by atoms with van der Waals surface area (Å²) < 4.78 is 17.1. The van der Waals surface area contributed by atoms with Crippen LogP contribution >= 0.6 is 0 Å². The Bertz CT molecular complexity index is 1320. The topological polar surface area (TPSA) is 94.3 Å². The number of aromatic amines is 1. The third-order valence-electron chi connectivity index (χ3n) is 6.10. The van der Waals surface area contributed by atoms with E-state index < -0.39 is 17.1 Å². The van der Waals surface area contributed by atoms with Crippen molar-refractivity contribution in [2.45, 2.75) is 20.4 Å². The SMILES string of the molecule is CCNC(=O)[n+]1cccc(N2CCN(Cc3cc(F)c4c(=O)n(C)c(=O)[nH]c4c3)CC2)c1C. The third kappa shape index (κ3) is 4.38. The number of aromatic nitrogens is 3. The molecule has 10 heteroatoms. The van der Waals surface area contributed by atoms with E-state index in [0.29, 0.717) is 18.7 Å². The van der Waals surface area contributed by atoms with Crippen LogP contribution in [0.2, 0.25) is 0 Å². The molecule has 1 fully saturated rings. The first-order valence-electron chi connectivity index (χ1n) is 11.0. The molecule has 174 valence electrons. The molecule has 4 rings (SSSR count). The van der Waals surface area contributed by atoms with E-state index in [0.717, 1.165) is 42.1 Å². The Morgan fingerprint density at radius 1 is 1.21 bits per heavy atom. The van der Waals surface area contributed by atoms with Gasteiger partial charge in [0.15, 0.2) is 0 Å². The smallest absolute Gasteiger partial charge is 0.366 e. The Morgan fingerprint density at radius 2 is 1.94 bits per heavy atom. The van der Waals surface area contributed by atoms with Crippen LogP contribution in [0.5, 0.6) is 0 Å². The monoisotopic (exact) mass is 455 g/mol. The number of anilines is 1. The van der Waals surface area contributed by atoms with Gasteiger partial charge >= 0.3 is 11.7 Å². The molecule has 3 aromatic rings. The van der Waals surface area contributed by atoms with Crippen molar-refractivity contribution in [1.82, 2.24) is 19.8 Å².